The molecule has 1 N–H and O–H groups in total. The summed E-state index contributed by atoms with van der Waals surface area (Å²) in [5.41, 5.74) is 1.85. The lowest BCUT2D eigenvalue weighted by Crippen LogP contribution is -2.24. The number of ether oxygens (including phenoxy) is 1. The van der Waals surface area contributed by atoms with Crippen molar-refractivity contribution < 1.29 is 27.2 Å². The second kappa shape index (κ2) is 9.95. The van der Waals surface area contributed by atoms with E-state index in [4.69, 9.17) is 4.52 Å². The zero-order valence-electron chi connectivity index (χ0n) is 18.8. The van der Waals surface area contributed by atoms with Crippen LogP contribution >= 0.6 is 0 Å². The van der Waals surface area contributed by atoms with E-state index in [1.807, 2.05) is 13.0 Å². The van der Waals surface area contributed by atoms with Gasteiger partial charge in [0.15, 0.2) is 0 Å². The van der Waals surface area contributed by atoms with E-state index in [1.165, 1.54) is 12.1 Å². The molecule has 2 aromatic carbocycles. The lowest BCUT2D eigenvalue weighted by atomic mass is 10.1. The molecular formula is C23H21F3N6O3. The Labute approximate surface area is 197 Å². The topological polar surface area (TPSA) is 108 Å². The minimum absolute atomic E-state index is 0.0603. The van der Waals surface area contributed by atoms with E-state index in [1.54, 1.807) is 29.8 Å². The average Bonchev–Trinajstić information content (AvgIpc) is 3.44. The van der Waals surface area contributed by atoms with Crippen LogP contribution in [0.1, 0.15) is 35.1 Å². The fourth-order valence-electron chi connectivity index (χ4n) is 3.22. The largest absolute Gasteiger partial charge is 0.573 e. The van der Waals surface area contributed by atoms with Gasteiger partial charge in [0.2, 0.25) is 11.6 Å². The summed E-state index contributed by atoms with van der Waals surface area (Å²) in [6, 6.07) is 12.3. The van der Waals surface area contributed by atoms with E-state index >= 15 is 0 Å². The molecule has 35 heavy (non-hydrogen) atoms. The second-order valence-corrected chi connectivity index (χ2v) is 7.59. The van der Waals surface area contributed by atoms with E-state index in [9.17, 15) is 18.0 Å². The zero-order valence-corrected chi connectivity index (χ0v) is 18.8. The molecule has 4 aromatic rings. The zero-order chi connectivity index (χ0) is 25.0. The summed E-state index contributed by atoms with van der Waals surface area (Å²) in [7, 11) is 0. The van der Waals surface area contributed by atoms with Gasteiger partial charge in [0, 0.05) is 17.7 Å². The number of carbonyl (C=O) groups excluding carboxylic acids is 1. The lowest BCUT2D eigenvalue weighted by Gasteiger charge is -2.08. The highest BCUT2D eigenvalue weighted by atomic mass is 19.4. The van der Waals surface area contributed by atoms with Gasteiger partial charge in [-0.05, 0) is 55.3 Å². The molecule has 2 heterocycles. The highest BCUT2D eigenvalue weighted by Gasteiger charge is 2.31. The maximum absolute atomic E-state index is 12.3. The van der Waals surface area contributed by atoms with Crippen molar-refractivity contribution in [2.24, 2.45) is 0 Å². The molecule has 0 saturated heterocycles. The van der Waals surface area contributed by atoms with Gasteiger partial charge < -0.3 is 14.6 Å². The molecule has 0 spiro atoms. The first-order chi connectivity index (χ1) is 16.7. The van der Waals surface area contributed by atoms with Crippen LogP contribution in [0.25, 0.3) is 23.1 Å². The predicted molar refractivity (Wildman–Crippen MR) is 118 cm³/mol. The number of hydrogen-bond acceptors (Lipinski definition) is 7. The van der Waals surface area contributed by atoms with Crippen LogP contribution in [0.15, 0.2) is 53.1 Å². The highest BCUT2D eigenvalue weighted by molar-refractivity contribution is 5.94. The van der Waals surface area contributed by atoms with Crippen molar-refractivity contribution in [2.45, 2.75) is 33.2 Å². The summed E-state index contributed by atoms with van der Waals surface area (Å²) in [5.74, 6) is 0.530. The summed E-state index contributed by atoms with van der Waals surface area (Å²) in [4.78, 5) is 20.9. The van der Waals surface area contributed by atoms with Crippen molar-refractivity contribution in [2.75, 3.05) is 6.54 Å². The highest BCUT2D eigenvalue weighted by Crippen LogP contribution is 2.26. The van der Waals surface area contributed by atoms with Gasteiger partial charge in [-0.15, -0.1) is 18.3 Å². The number of hydrogen-bond donors (Lipinski definition) is 1. The molecule has 4 rings (SSSR count). The molecule has 0 radical (unpaired) electrons. The van der Waals surface area contributed by atoms with Crippen LogP contribution in [-0.4, -0.2) is 43.7 Å². The van der Waals surface area contributed by atoms with Crippen LogP contribution in [0.4, 0.5) is 13.2 Å². The van der Waals surface area contributed by atoms with E-state index in [0.29, 0.717) is 30.0 Å². The third-order valence-electron chi connectivity index (χ3n) is 4.88. The quantitative estimate of drug-likeness (QED) is 0.394. The van der Waals surface area contributed by atoms with Crippen molar-refractivity contribution >= 4 is 5.91 Å². The Balaban J connectivity index is 1.48. The average molecular weight is 486 g/mol. The van der Waals surface area contributed by atoms with Crippen molar-refractivity contribution in [1.29, 1.82) is 0 Å². The molecular weight excluding hydrogens is 465 g/mol. The molecule has 0 unspecified atom stereocenters. The van der Waals surface area contributed by atoms with Crippen molar-refractivity contribution in [3.8, 4) is 28.9 Å². The van der Waals surface area contributed by atoms with Crippen LogP contribution in [0.5, 0.6) is 5.75 Å². The number of rotatable bonds is 8. The molecule has 12 heteroatoms. The van der Waals surface area contributed by atoms with Gasteiger partial charge in [-0.2, -0.15) is 4.98 Å². The standard InChI is InChI=1S/C23H21F3N6O3/c1-3-11-27-21(33)17-6-4-5-15(12-17)13-32-14(2)28-20(30-32)22-29-19(31-35-22)16-7-9-18(10-8-16)34-23(24,25)26/h4-10,12H,3,11,13H2,1-2H3,(H,27,33). The first-order valence-corrected chi connectivity index (χ1v) is 10.7. The molecule has 9 nitrogen and oxygen atoms in total. The molecule has 0 aliphatic heterocycles. The first-order valence-electron chi connectivity index (χ1n) is 10.7. The number of benzene rings is 2. The minimum Gasteiger partial charge on any atom is -0.406 e. The van der Waals surface area contributed by atoms with E-state index in [2.05, 4.69) is 30.3 Å². The number of halogens is 3. The second-order valence-electron chi connectivity index (χ2n) is 7.59. The molecule has 1 amide bonds. The smallest absolute Gasteiger partial charge is 0.406 e. The molecule has 0 aliphatic rings. The summed E-state index contributed by atoms with van der Waals surface area (Å²) in [5, 5.41) is 11.1. The van der Waals surface area contributed by atoms with Gasteiger partial charge in [-0.1, -0.05) is 24.2 Å². The van der Waals surface area contributed by atoms with Crippen LogP contribution in [0, 0.1) is 6.92 Å². The van der Waals surface area contributed by atoms with E-state index in [0.717, 1.165) is 24.1 Å². The maximum atomic E-state index is 12.3. The number of aromatic nitrogens is 5. The molecule has 0 fully saturated rings. The Morgan fingerprint density at radius 1 is 1.11 bits per heavy atom. The third-order valence-corrected chi connectivity index (χ3v) is 4.88. The number of aryl methyl sites for hydroxylation is 1. The van der Waals surface area contributed by atoms with Crippen LogP contribution in [0.2, 0.25) is 0 Å². The Morgan fingerprint density at radius 2 is 1.89 bits per heavy atom. The summed E-state index contributed by atoms with van der Waals surface area (Å²) in [6.45, 7) is 4.73. The summed E-state index contributed by atoms with van der Waals surface area (Å²) >= 11 is 0. The fraction of sp³-hybridized carbons (Fsp3) is 0.261. The van der Waals surface area contributed by atoms with E-state index < -0.39 is 6.36 Å². The van der Waals surface area contributed by atoms with Crippen LogP contribution in [0.3, 0.4) is 0 Å². The normalized spacial score (nSPS) is 11.5. The van der Waals surface area contributed by atoms with Crippen LogP contribution < -0.4 is 10.1 Å². The number of amides is 1. The SMILES string of the molecule is CCCNC(=O)c1cccc(Cn2nc(-c3nc(-c4ccc(OC(F)(F)F)cc4)no3)nc2C)c1. The molecule has 182 valence electrons. The maximum Gasteiger partial charge on any atom is 0.573 e. The monoisotopic (exact) mass is 486 g/mol. The molecule has 0 atom stereocenters. The van der Waals surface area contributed by atoms with Gasteiger partial charge in [-0.3, -0.25) is 4.79 Å². The predicted octanol–water partition coefficient (Wildman–Crippen LogP) is 4.39. The van der Waals surface area contributed by atoms with Gasteiger partial charge in [0.25, 0.3) is 11.8 Å². The Bertz CT molecular complexity index is 1310. The summed E-state index contributed by atoms with van der Waals surface area (Å²) < 4.78 is 47.8. The number of alkyl halides is 3. The number of nitrogens with one attached hydrogen (secondary N) is 1. The van der Waals surface area contributed by atoms with Crippen molar-refractivity contribution in [1.82, 2.24) is 30.2 Å². The van der Waals surface area contributed by atoms with Crippen molar-refractivity contribution in [3.63, 3.8) is 0 Å². The Kier molecular flexibility index (Phi) is 6.80. The van der Waals surface area contributed by atoms with Crippen LogP contribution in [-0.2, 0) is 6.54 Å². The fourth-order valence-corrected chi connectivity index (χ4v) is 3.22. The first kappa shape index (κ1) is 23.9. The van der Waals surface area contributed by atoms with E-state index in [-0.39, 0.29) is 29.2 Å². The Morgan fingerprint density at radius 3 is 2.60 bits per heavy atom. The van der Waals surface area contributed by atoms with Crippen molar-refractivity contribution in [3.05, 3.63) is 65.5 Å². The number of nitrogens with zero attached hydrogens (tertiary/aromatic N) is 5. The van der Waals surface area contributed by atoms with Gasteiger partial charge in [-0.25, -0.2) is 9.67 Å². The minimum atomic E-state index is -4.77. The van der Waals surface area contributed by atoms with Gasteiger partial charge >= 0.3 is 6.36 Å². The molecule has 0 aliphatic carbocycles. The molecule has 0 bridgehead atoms. The third kappa shape index (κ3) is 6.02. The van der Waals surface area contributed by atoms with Gasteiger partial charge in [0.1, 0.15) is 11.6 Å². The molecule has 2 aromatic heterocycles. The number of carbonyl (C=O) groups is 1. The Hall–Kier alpha value is -4.22. The lowest BCUT2D eigenvalue weighted by molar-refractivity contribution is -0.274. The van der Waals surface area contributed by atoms with Gasteiger partial charge in [0.05, 0.1) is 6.54 Å². The summed E-state index contributed by atoms with van der Waals surface area (Å²) in [6.07, 6.45) is -3.92. The molecule has 0 saturated carbocycles.